The Bertz CT molecular complexity index is 767. The van der Waals surface area contributed by atoms with E-state index in [1.807, 2.05) is 6.07 Å². The Kier molecular flexibility index (Phi) is 4.46. The number of ether oxygens (including phenoxy) is 1. The first-order valence-corrected chi connectivity index (χ1v) is 7.84. The summed E-state index contributed by atoms with van der Waals surface area (Å²) in [7, 11) is 0. The normalized spacial score (nSPS) is 17.4. The minimum absolute atomic E-state index is 0.156. The Labute approximate surface area is 138 Å². The van der Waals surface area contributed by atoms with Crippen molar-refractivity contribution in [1.29, 1.82) is 0 Å². The number of halogens is 2. The fraction of sp³-hybridized carbons (Fsp3) is 0.333. The van der Waals surface area contributed by atoms with Crippen molar-refractivity contribution in [3.8, 4) is 5.75 Å². The van der Waals surface area contributed by atoms with Gasteiger partial charge in [-0.05, 0) is 43.2 Å². The number of pyridine rings is 1. The highest BCUT2D eigenvalue weighted by Crippen LogP contribution is 2.37. The number of rotatable bonds is 4. The quantitative estimate of drug-likeness (QED) is 0.849. The molecule has 1 N–H and O–H groups in total. The molecule has 0 saturated heterocycles. The van der Waals surface area contributed by atoms with Crippen LogP contribution in [0, 0.1) is 0 Å². The highest BCUT2D eigenvalue weighted by molar-refractivity contribution is 6.06. The maximum Gasteiger partial charge on any atom is 0.248 e. The van der Waals surface area contributed by atoms with Gasteiger partial charge in [0, 0.05) is 24.4 Å². The van der Waals surface area contributed by atoms with Gasteiger partial charge in [0.05, 0.1) is 11.8 Å². The number of alkyl halides is 2. The highest BCUT2D eigenvalue weighted by Gasteiger charge is 2.35. The maximum absolute atomic E-state index is 13.3. The van der Waals surface area contributed by atoms with E-state index >= 15 is 0 Å². The minimum Gasteiger partial charge on any atom is -0.488 e. The largest absolute Gasteiger partial charge is 0.488 e. The summed E-state index contributed by atoms with van der Waals surface area (Å²) in [5.74, 6) is -2.36. The first kappa shape index (κ1) is 16.4. The van der Waals surface area contributed by atoms with E-state index in [1.54, 1.807) is 24.4 Å². The third kappa shape index (κ3) is 3.53. The predicted molar refractivity (Wildman–Crippen MR) is 88.4 cm³/mol. The first-order chi connectivity index (χ1) is 11.5. The molecule has 126 valence electrons. The van der Waals surface area contributed by atoms with Gasteiger partial charge in [-0.2, -0.15) is 0 Å². The molecule has 0 aliphatic heterocycles. The van der Waals surface area contributed by atoms with Crippen LogP contribution in [0.25, 0.3) is 10.9 Å². The molecule has 1 heterocycles. The van der Waals surface area contributed by atoms with Gasteiger partial charge in [0.1, 0.15) is 11.3 Å². The van der Waals surface area contributed by atoms with E-state index in [-0.39, 0.29) is 24.9 Å². The molecule has 24 heavy (non-hydrogen) atoms. The van der Waals surface area contributed by atoms with Crippen LogP contribution < -0.4 is 10.1 Å². The van der Waals surface area contributed by atoms with E-state index in [4.69, 9.17) is 4.74 Å². The summed E-state index contributed by atoms with van der Waals surface area (Å²) in [6.45, 7) is 3.43. The Balaban J connectivity index is 1.86. The molecule has 1 aliphatic carbocycles. The van der Waals surface area contributed by atoms with Gasteiger partial charge in [0.25, 0.3) is 0 Å². The summed E-state index contributed by atoms with van der Waals surface area (Å²) >= 11 is 0. The smallest absolute Gasteiger partial charge is 0.248 e. The van der Waals surface area contributed by atoms with Crippen LogP contribution in [0.2, 0.25) is 0 Å². The minimum atomic E-state index is -2.58. The molecule has 2 aromatic rings. The van der Waals surface area contributed by atoms with E-state index in [0.29, 0.717) is 29.8 Å². The second-order valence-electron chi connectivity index (χ2n) is 5.88. The number of carbonyl (C=O) groups is 1. The summed E-state index contributed by atoms with van der Waals surface area (Å²) < 4.78 is 32.4. The summed E-state index contributed by atoms with van der Waals surface area (Å²) in [6, 6.07) is 7.01. The molecular formula is C18H18F2N2O2. The Morgan fingerprint density at radius 1 is 1.33 bits per heavy atom. The number of benzene rings is 1. The molecule has 1 aromatic carbocycles. The highest BCUT2D eigenvalue weighted by atomic mass is 19.3. The molecule has 4 nitrogen and oxygen atoms in total. The molecule has 6 heteroatoms. The number of nitrogens with zero attached hydrogens (tertiary/aromatic N) is 1. The summed E-state index contributed by atoms with van der Waals surface area (Å²) in [4.78, 5) is 15.9. The lowest BCUT2D eigenvalue weighted by molar-refractivity contribution is -0.111. The van der Waals surface area contributed by atoms with Gasteiger partial charge in [0.2, 0.25) is 11.8 Å². The molecule has 1 saturated carbocycles. The summed E-state index contributed by atoms with van der Waals surface area (Å²) in [5.41, 5.74) is 1.20. The molecule has 0 spiro atoms. The molecular weight excluding hydrogens is 314 g/mol. The topological polar surface area (TPSA) is 51.2 Å². The molecule has 1 aliphatic rings. The second-order valence-corrected chi connectivity index (χ2v) is 5.88. The van der Waals surface area contributed by atoms with Gasteiger partial charge in [0.15, 0.2) is 0 Å². The van der Waals surface area contributed by atoms with Crippen LogP contribution in [0.15, 0.2) is 43.1 Å². The Hall–Kier alpha value is -2.50. The fourth-order valence-electron chi connectivity index (χ4n) is 2.85. The van der Waals surface area contributed by atoms with E-state index in [0.717, 1.165) is 5.39 Å². The third-order valence-corrected chi connectivity index (χ3v) is 4.13. The van der Waals surface area contributed by atoms with Crippen molar-refractivity contribution in [2.75, 3.05) is 5.32 Å². The summed E-state index contributed by atoms with van der Waals surface area (Å²) in [5, 5.41) is 3.45. The number of fused-ring (bicyclic) bond motifs is 1. The van der Waals surface area contributed by atoms with Crippen molar-refractivity contribution in [3.63, 3.8) is 0 Å². The van der Waals surface area contributed by atoms with Crippen LogP contribution in [-0.4, -0.2) is 22.9 Å². The van der Waals surface area contributed by atoms with E-state index in [1.165, 1.54) is 6.08 Å². The number of anilines is 1. The predicted octanol–water partition coefficient (Wildman–Crippen LogP) is 4.32. The number of aromatic nitrogens is 1. The van der Waals surface area contributed by atoms with Crippen LogP contribution >= 0.6 is 0 Å². The average Bonchev–Trinajstić information content (AvgIpc) is 2.58. The van der Waals surface area contributed by atoms with Gasteiger partial charge < -0.3 is 10.1 Å². The SMILES string of the molecule is C=CC(=O)Nc1ccc(OC2CCC(F)(F)CC2)c2ncccc12. The number of hydrogen-bond acceptors (Lipinski definition) is 3. The first-order valence-electron chi connectivity index (χ1n) is 7.84. The van der Waals surface area contributed by atoms with Crippen LogP contribution in [0.5, 0.6) is 5.75 Å². The zero-order chi connectivity index (χ0) is 17.2. The maximum atomic E-state index is 13.3. The second kappa shape index (κ2) is 6.55. The van der Waals surface area contributed by atoms with Gasteiger partial charge in [-0.1, -0.05) is 6.58 Å². The molecule has 0 bridgehead atoms. The molecule has 0 atom stereocenters. The van der Waals surface area contributed by atoms with Crippen molar-refractivity contribution in [2.45, 2.75) is 37.7 Å². The molecule has 1 amide bonds. The number of amides is 1. The van der Waals surface area contributed by atoms with Crippen molar-refractivity contribution in [2.24, 2.45) is 0 Å². The number of nitrogens with one attached hydrogen (secondary N) is 1. The zero-order valence-electron chi connectivity index (χ0n) is 13.1. The Morgan fingerprint density at radius 3 is 2.79 bits per heavy atom. The van der Waals surface area contributed by atoms with Gasteiger partial charge >= 0.3 is 0 Å². The van der Waals surface area contributed by atoms with E-state index in [2.05, 4.69) is 16.9 Å². The Morgan fingerprint density at radius 2 is 2.08 bits per heavy atom. The number of carbonyl (C=O) groups excluding carboxylic acids is 1. The average molecular weight is 332 g/mol. The standard InChI is InChI=1S/C18H18F2N2O2/c1-2-16(23)22-14-5-6-15(17-13(14)4-3-11-21-17)24-12-7-9-18(19,20)10-8-12/h2-6,11-12H,1,7-10H2,(H,22,23). The van der Waals surface area contributed by atoms with E-state index < -0.39 is 5.92 Å². The lowest BCUT2D eigenvalue weighted by atomic mass is 9.94. The van der Waals surface area contributed by atoms with Crippen LogP contribution in [0.3, 0.4) is 0 Å². The van der Waals surface area contributed by atoms with Crippen molar-refractivity contribution >= 4 is 22.5 Å². The molecule has 0 radical (unpaired) electrons. The molecule has 0 unspecified atom stereocenters. The lowest BCUT2D eigenvalue weighted by Crippen LogP contribution is -2.30. The van der Waals surface area contributed by atoms with Gasteiger partial charge in [-0.25, -0.2) is 8.78 Å². The van der Waals surface area contributed by atoms with Crippen LogP contribution in [0.1, 0.15) is 25.7 Å². The monoisotopic (exact) mass is 332 g/mol. The number of hydrogen-bond donors (Lipinski definition) is 1. The van der Waals surface area contributed by atoms with Gasteiger partial charge in [-0.15, -0.1) is 0 Å². The third-order valence-electron chi connectivity index (χ3n) is 4.13. The molecule has 1 aromatic heterocycles. The van der Waals surface area contributed by atoms with Crippen molar-refractivity contribution in [3.05, 3.63) is 43.1 Å². The lowest BCUT2D eigenvalue weighted by Gasteiger charge is -2.29. The summed E-state index contributed by atoms with van der Waals surface area (Å²) in [6.07, 6.45) is 2.89. The molecule has 3 rings (SSSR count). The zero-order valence-corrected chi connectivity index (χ0v) is 13.1. The molecule has 1 fully saturated rings. The van der Waals surface area contributed by atoms with Crippen molar-refractivity contribution < 1.29 is 18.3 Å². The van der Waals surface area contributed by atoms with Crippen LogP contribution in [0.4, 0.5) is 14.5 Å². The fourth-order valence-corrected chi connectivity index (χ4v) is 2.85. The van der Waals surface area contributed by atoms with Gasteiger partial charge in [-0.3, -0.25) is 9.78 Å². The van der Waals surface area contributed by atoms with Crippen molar-refractivity contribution in [1.82, 2.24) is 4.98 Å². The van der Waals surface area contributed by atoms with E-state index in [9.17, 15) is 13.6 Å². The van der Waals surface area contributed by atoms with Crippen LogP contribution in [-0.2, 0) is 4.79 Å².